The standard InChI is InChI=1S/C8H18N2O2/c1-7(12-3)6-10-8(11)4-5-9-2/h7,9H,4-6H2,1-3H3,(H,10,11). The van der Waals surface area contributed by atoms with Gasteiger partial charge in [0, 0.05) is 26.6 Å². The van der Waals surface area contributed by atoms with Crippen LogP contribution in [0.4, 0.5) is 0 Å². The molecular formula is C8H18N2O2. The van der Waals surface area contributed by atoms with E-state index in [9.17, 15) is 4.79 Å². The fraction of sp³-hybridized carbons (Fsp3) is 0.875. The highest BCUT2D eigenvalue weighted by Gasteiger charge is 2.02. The predicted octanol–water partition coefficient (Wildman–Crippen LogP) is -0.253. The molecule has 0 aromatic heterocycles. The van der Waals surface area contributed by atoms with Crippen molar-refractivity contribution >= 4 is 5.91 Å². The highest BCUT2D eigenvalue weighted by Crippen LogP contribution is 1.84. The van der Waals surface area contributed by atoms with Crippen LogP contribution in [0.15, 0.2) is 0 Å². The van der Waals surface area contributed by atoms with Crippen molar-refractivity contribution in [2.45, 2.75) is 19.4 Å². The molecule has 0 aliphatic heterocycles. The van der Waals surface area contributed by atoms with Gasteiger partial charge in [-0.25, -0.2) is 0 Å². The highest BCUT2D eigenvalue weighted by molar-refractivity contribution is 5.76. The zero-order valence-electron chi connectivity index (χ0n) is 8.02. The molecular weight excluding hydrogens is 156 g/mol. The topological polar surface area (TPSA) is 50.4 Å². The first-order valence-corrected chi connectivity index (χ1v) is 4.14. The molecule has 1 amide bonds. The maximum Gasteiger partial charge on any atom is 0.221 e. The lowest BCUT2D eigenvalue weighted by Crippen LogP contribution is -2.32. The number of hydrogen-bond donors (Lipinski definition) is 2. The van der Waals surface area contributed by atoms with Crippen LogP contribution in [0.2, 0.25) is 0 Å². The van der Waals surface area contributed by atoms with Crippen molar-refractivity contribution in [3.05, 3.63) is 0 Å². The van der Waals surface area contributed by atoms with E-state index in [0.29, 0.717) is 19.5 Å². The molecule has 1 atom stereocenters. The van der Waals surface area contributed by atoms with E-state index in [2.05, 4.69) is 10.6 Å². The average molecular weight is 174 g/mol. The molecule has 0 bridgehead atoms. The maximum absolute atomic E-state index is 11.0. The van der Waals surface area contributed by atoms with E-state index in [4.69, 9.17) is 4.74 Å². The van der Waals surface area contributed by atoms with Gasteiger partial charge in [-0.3, -0.25) is 4.79 Å². The Balaban J connectivity index is 3.31. The normalized spacial score (nSPS) is 12.6. The number of methoxy groups -OCH3 is 1. The Morgan fingerprint density at radius 2 is 2.25 bits per heavy atom. The maximum atomic E-state index is 11.0. The van der Waals surface area contributed by atoms with E-state index < -0.39 is 0 Å². The second-order valence-electron chi connectivity index (χ2n) is 2.70. The van der Waals surface area contributed by atoms with Crippen LogP contribution >= 0.6 is 0 Å². The van der Waals surface area contributed by atoms with Gasteiger partial charge in [0.2, 0.25) is 5.91 Å². The summed E-state index contributed by atoms with van der Waals surface area (Å²) in [7, 11) is 3.45. The summed E-state index contributed by atoms with van der Waals surface area (Å²) in [4.78, 5) is 11.0. The second-order valence-corrected chi connectivity index (χ2v) is 2.70. The van der Waals surface area contributed by atoms with Crippen LogP contribution < -0.4 is 10.6 Å². The molecule has 2 N–H and O–H groups in total. The zero-order valence-corrected chi connectivity index (χ0v) is 8.02. The van der Waals surface area contributed by atoms with Gasteiger partial charge in [0.25, 0.3) is 0 Å². The van der Waals surface area contributed by atoms with Crippen molar-refractivity contribution in [1.82, 2.24) is 10.6 Å². The third kappa shape index (κ3) is 6.12. The minimum atomic E-state index is 0.0632. The minimum absolute atomic E-state index is 0.0632. The monoisotopic (exact) mass is 174 g/mol. The molecule has 0 rings (SSSR count). The Hall–Kier alpha value is -0.610. The molecule has 0 radical (unpaired) electrons. The van der Waals surface area contributed by atoms with Crippen molar-refractivity contribution in [3.63, 3.8) is 0 Å². The van der Waals surface area contributed by atoms with Crippen LogP contribution in [0.5, 0.6) is 0 Å². The van der Waals surface area contributed by atoms with E-state index in [1.165, 1.54) is 0 Å². The summed E-state index contributed by atoms with van der Waals surface area (Å²) in [6.07, 6.45) is 0.607. The van der Waals surface area contributed by atoms with Gasteiger partial charge in [0.15, 0.2) is 0 Å². The van der Waals surface area contributed by atoms with E-state index in [1.807, 2.05) is 14.0 Å². The molecule has 0 aromatic carbocycles. The first-order valence-electron chi connectivity index (χ1n) is 4.14. The number of carbonyl (C=O) groups is 1. The molecule has 0 saturated heterocycles. The lowest BCUT2D eigenvalue weighted by Gasteiger charge is -2.10. The molecule has 0 heterocycles. The molecule has 12 heavy (non-hydrogen) atoms. The molecule has 0 fully saturated rings. The zero-order chi connectivity index (χ0) is 9.40. The fourth-order valence-corrected chi connectivity index (χ4v) is 0.668. The summed E-state index contributed by atoms with van der Waals surface area (Å²) in [6.45, 7) is 3.21. The molecule has 4 nitrogen and oxygen atoms in total. The molecule has 1 unspecified atom stereocenters. The molecule has 0 aliphatic rings. The fourth-order valence-electron chi connectivity index (χ4n) is 0.668. The third-order valence-corrected chi connectivity index (χ3v) is 1.59. The van der Waals surface area contributed by atoms with Gasteiger partial charge < -0.3 is 15.4 Å². The SMILES string of the molecule is CNCCC(=O)NCC(C)OC. The summed E-state index contributed by atoms with van der Waals surface area (Å²) in [6, 6.07) is 0. The first kappa shape index (κ1) is 11.4. The molecule has 0 saturated carbocycles. The van der Waals surface area contributed by atoms with E-state index in [0.717, 1.165) is 0 Å². The summed E-state index contributed by atoms with van der Waals surface area (Å²) in [5, 5.41) is 5.67. The van der Waals surface area contributed by atoms with Crippen molar-refractivity contribution in [1.29, 1.82) is 0 Å². The molecule has 0 aromatic rings. The third-order valence-electron chi connectivity index (χ3n) is 1.59. The van der Waals surface area contributed by atoms with Gasteiger partial charge in [-0.1, -0.05) is 0 Å². The molecule has 4 heteroatoms. The predicted molar refractivity (Wildman–Crippen MR) is 48.0 cm³/mol. The van der Waals surface area contributed by atoms with E-state index in [1.54, 1.807) is 7.11 Å². The number of rotatable bonds is 6. The molecule has 0 spiro atoms. The second kappa shape index (κ2) is 7.06. The lowest BCUT2D eigenvalue weighted by atomic mass is 10.3. The number of nitrogens with one attached hydrogen (secondary N) is 2. The average Bonchev–Trinajstić information content (AvgIpc) is 2.10. The number of amides is 1. The van der Waals surface area contributed by atoms with Crippen molar-refractivity contribution in [2.75, 3.05) is 27.2 Å². The first-order chi connectivity index (χ1) is 5.70. The van der Waals surface area contributed by atoms with E-state index >= 15 is 0 Å². The number of hydrogen-bond acceptors (Lipinski definition) is 3. The summed E-state index contributed by atoms with van der Waals surface area (Å²) < 4.78 is 4.97. The van der Waals surface area contributed by atoms with E-state index in [-0.39, 0.29) is 12.0 Å². The van der Waals surface area contributed by atoms with Gasteiger partial charge in [-0.05, 0) is 14.0 Å². The van der Waals surface area contributed by atoms with Crippen molar-refractivity contribution in [2.24, 2.45) is 0 Å². The smallest absolute Gasteiger partial charge is 0.221 e. The summed E-state index contributed by atoms with van der Waals surface area (Å²) >= 11 is 0. The van der Waals surface area contributed by atoms with Crippen LogP contribution in [-0.4, -0.2) is 39.3 Å². The van der Waals surface area contributed by atoms with Crippen molar-refractivity contribution < 1.29 is 9.53 Å². The van der Waals surface area contributed by atoms with Crippen LogP contribution in [0.3, 0.4) is 0 Å². The van der Waals surface area contributed by atoms with Gasteiger partial charge in [-0.2, -0.15) is 0 Å². The van der Waals surface area contributed by atoms with Gasteiger partial charge in [0.1, 0.15) is 0 Å². The Labute approximate surface area is 73.7 Å². The Morgan fingerprint density at radius 1 is 1.58 bits per heavy atom. The molecule has 72 valence electrons. The van der Waals surface area contributed by atoms with Crippen LogP contribution in [-0.2, 0) is 9.53 Å². The molecule has 0 aliphatic carbocycles. The lowest BCUT2D eigenvalue weighted by molar-refractivity contribution is -0.121. The summed E-state index contributed by atoms with van der Waals surface area (Å²) in [5.41, 5.74) is 0. The largest absolute Gasteiger partial charge is 0.380 e. The number of carbonyl (C=O) groups excluding carboxylic acids is 1. The van der Waals surface area contributed by atoms with Gasteiger partial charge in [-0.15, -0.1) is 0 Å². The van der Waals surface area contributed by atoms with Gasteiger partial charge in [0.05, 0.1) is 6.10 Å². The summed E-state index contributed by atoms with van der Waals surface area (Å²) in [5.74, 6) is 0.0632. The highest BCUT2D eigenvalue weighted by atomic mass is 16.5. The Morgan fingerprint density at radius 3 is 2.75 bits per heavy atom. The number of ether oxygens (including phenoxy) is 1. The Kier molecular flexibility index (Phi) is 6.70. The quantitative estimate of drug-likeness (QED) is 0.583. The van der Waals surface area contributed by atoms with Crippen molar-refractivity contribution in [3.8, 4) is 0 Å². The van der Waals surface area contributed by atoms with Crippen LogP contribution in [0.1, 0.15) is 13.3 Å². The van der Waals surface area contributed by atoms with Crippen LogP contribution in [0, 0.1) is 0 Å². The Bertz CT molecular complexity index is 128. The minimum Gasteiger partial charge on any atom is -0.380 e. The van der Waals surface area contributed by atoms with Crippen LogP contribution in [0.25, 0.3) is 0 Å². The van der Waals surface area contributed by atoms with Gasteiger partial charge >= 0.3 is 0 Å².